The summed E-state index contributed by atoms with van der Waals surface area (Å²) in [4.78, 5) is 17.8. The zero-order valence-corrected chi connectivity index (χ0v) is 15.4. The number of benzene rings is 2. The number of hydrogen-bond donors (Lipinski definition) is 1. The fraction of sp³-hybridized carbons (Fsp3) is 0.316. The van der Waals surface area contributed by atoms with Crippen LogP contribution in [0.3, 0.4) is 0 Å². The van der Waals surface area contributed by atoms with Crippen molar-refractivity contribution in [2.24, 2.45) is 0 Å². The average Bonchev–Trinajstić information content (AvgIpc) is 2.68. The van der Waals surface area contributed by atoms with Gasteiger partial charge in [-0.2, -0.15) is 0 Å². The van der Waals surface area contributed by atoms with Crippen LogP contribution in [0, 0.1) is 0 Å². The maximum absolute atomic E-state index is 12.5. The molecular formula is C19H23N3O2S. The number of para-hydroxylation sites is 2. The van der Waals surface area contributed by atoms with Crippen LogP contribution < -0.4 is 15.0 Å². The molecule has 1 aliphatic rings. The Morgan fingerprint density at radius 3 is 2.36 bits per heavy atom. The van der Waals surface area contributed by atoms with Crippen molar-refractivity contribution < 1.29 is 9.53 Å². The zero-order chi connectivity index (χ0) is 17.6. The Kier molecular flexibility index (Phi) is 5.71. The Bertz CT molecular complexity index is 713. The van der Waals surface area contributed by atoms with Crippen LogP contribution in [0.2, 0.25) is 0 Å². The highest BCUT2D eigenvalue weighted by Crippen LogP contribution is 2.28. The Morgan fingerprint density at radius 2 is 1.72 bits per heavy atom. The number of amides is 2. The molecule has 3 rings (SSSR count). The summed E-state index contributed by atoms with van der Waals surface area (Å²) in [6.07, 6.45) is 2.04. The van der Waals surface area contributed by atoms with E-state index in [0.29, 0.717) is 13.1 Å². The number of rotatable bonds is 4. The molecule has 0 unspecified atom stereocenters. The molecule has 1 aliphatic heterocycles. The number of thioether (sulfide) groups is 1. The molecule has 0 atom stereocenters. The van der Waals surface area contributed by atoms with Gasteiger partial charge in [0.15, 0.2) is 0 Å². The van der Waals surface area contributed by atoms with E-state index in [2.05, 4.69) is 16.3 Å². The van der Waals surface area contributed by atoms with Crippen LogP contribution in [0.4, 0.5) is 16.2 Å². The van der Waals surface area contributed by atoms with E-state index in [1.807, 2.05) is 53.6 Å². The van der Waals surface area contributed by atoms with Gasteiger partial charge in [0.1, 0.15) is 5.75 Å². The number of urea groups is 1. The largest absolute Gasteiger partial charge is 0.495 e. The summed E-state index contributed by atoms with van der Waals surface area (Å²) in [5.74, 6) is 0.870. The molecule has 0 spiro atoms. The molecule has 0 aliphatic carbocycles. The number of methoxy groups -OCH3 is 1. The number of carbonyl (C=O) groups excluding carboxylic acids is 1. The molecular weight excluding hydrogens is 334 g/mol. The third-order valence-electron chi connectivity index (χ3n) is 4.33. The predicted octanol–water partition coefficient (Wildman–Crippen LogP) is 3.77. The first-order valence-corrected chi connectivity index (χ1v) is 9.51. The molecule has 0 radical (unpaired) electrons. The van der Waals surface area contributed by atoms with Crippen LogP contribution in [0.25, 0.3) is 0 Å². The number of piperazine rings is 1. The lowest BCUT2D eigenvalue weighted by molar-refractivity contribution is 0.208. The van der Waals surface area contributed by atoms with Crippen molar-refractivity contribution in [1.29, 1.82) is 0 Å². The maximum atomic E-state index is 12.5. The summed E-state index contributed by atoms with van der Waals surface area (Å²) in [6, 6.07) is 15.9. The second-order valence-electron chi connectivity index (χ2n) is 5.80. The van der Waals surface area contributed by atoms with E-state index in [4.69, 9.17) is 4.74 Å². The number of carbonyl (C=O) groups is 1. The fourth-order valence-corrected chi connectivity index (χ4v) is 3.33. The van der Waals surface area contributed by atoms with Gasteiger partial charge in [-0.1, -0.05) is 12.1 Å². The predicted molar refractivity (Wildman–Crippen MR) is 104 cm³/mol. The Morgan fingerprint density at radius 1 is 1.04 bits per heavy atom. The first-order chi connectivity index (χ1) is 12.2. The van der Waals surface area contributed by atoms with E-state index in [-0.39, 0.29) is 6.03 Å². The first-order valence-electron chi connectivity index (χ1n) is 8.29. The van der Waals surface area contributed by atoms with Gasteiger partial charge in [-0.3, -0.25) is 0 Å². The van der Waals surface area contributed by atoms with Gasteiger partial charge in [0.25, 0.3) is 0 Å². The summed E-state index contributed by atoms with van der Waals surface area (Å²) in [5.41, 5.74) is 1.91. The second kappa shape index (κ2) is 8.16. The molecule has 2 amide bonds. The van der Waals surface area contributed by atoms with E-state index >= 15 is 0 Å². The number of hydrogen-bond acceptors (Lipinski definition) is 4. The third kappa shape index (κ3) is 4.20. The summed E-state index contributed by atoms with van der Waals surface area (Å²) >= 11 is 1.69. The topological polar surface area (TPSA) is 44.8 Å². The highest BCUT2D eigenvalue weighted by Gasteiger charge is 2.22. The van der Waals surface area contributed by atoms with Crippen molar-refractivity contribution in [1.82, 2.24) is 4.90 Å². The van der Waals surface area contributed by atoms with Gasteiger partial charge in [-0.25, -0.2) is 4.79 Å². The minimum absolute atomic E-state index is 0.0448. The van der Waals surface area contributed by atoms with Crippen molar-refractivity contribution in [2.75, 3.05) is 49.8 Å². The van der Waals surface area contributed by atoms with Gasteiger partial charge >= 0.3 is 6.03 Å². The molecule has 5 nitrogen and oxygen atoms in total. The summed E-state index contributed by atoms with van der Waals surface area (Å²) in [6.45, 7) is 2.96. The van der Waals surface area contributed by atoms with E-state index in [1.54, 1.807) is 18.9 Å². The molecule has 0 saturated carbocycles. The highest BCUT2D eigenvalue weighted by molar-refractivity contribution is 7.98. The maximum Gasteiger partial charge on any atom is 0.321 e. The van der Waals surface area contributed by atoms with E-state index in [1.165, 1.54) is 4.90 Å². The molecule has 1 saturated heterocycles. The van der Waals surface area contributed by atoms with Crippen molar-refractivity contribution in [3.05, 3.63) is 48.5 Å². The molecule has 0 bridgehead atoms. The van der Waals surface area contributed by atoms with Crippen molar-refractivity contribution in [2.45, 2.75) is 4.90 Å². The standard InChI is InChI=1S/C19H23N3O2S/c1-24-18-6-4-3-5-17(18)21-11-13-22(14-12-21)19(23)20-15-7-9-16(25-2)10-8-15/h3-10H,11-14H2,1-2H3,(H,20,23). The highest BCUT2D eigenvalue weighted by atomic mass is 32.2. The molecule has 0 aromatic heterocycles. The first kappa shape index (κ1) is 17.5. The lowest BCUT2D eigenvalue weighted by atomic mass is 10.2. The SMILES string of the molecule is COc1ccccc1N1CCN(C(=O)Nc2ccc(SC)cc2)CC1. The van der Waals surface area contributed by atoms with Crippen LogP contribution in [0.5, 0.6) is 5.75 Å². The minimum Gasteiger partial charge on any atom is -0.495 e. The average molecular weight is 357 g/mol. The smallest absolute Gasteiger partial charge is 0.321 e. The van der Waals surface area contributed by atoms with Gasteiger partial charge in [-0.05, 0) is 42.7 Å². The van der Waals surface area contributed by atoms with Gasteiger partial charge < -0.3 is 19.9 Å². The quantitative estimate of drug-likeness (QED) is 0.846. The van der Waals surface area contributed by atoms with Crippen molar-refractivity contribution >= 4 is 29.2 Å². The van der Waals surface area contributed by atoms with Crippen LogP contribution in [-0.4, -0.2) is 50.5 Å². The Labute approximate surface area is 153 Å². The molecule has 132 valence electrons. The molecule has 2 aromatic carbocycles. The molecule has 1 N–H and O–H groups in total. The number of nitrogens with zero attached hydrogens (tertiary/aromatic N) is 2. The van der Waals surface area contributed by atoms with Crippen LogP contribution in [-0.2, 0) is 0 Å². The van der Waals surface area contributed by atoms with Gasteiger partial charge in [0, 0.05) is 36.8 Å². The normalized spacial score (nSPS) is 14.3. The molecule has 6 heteroatoms. The fourth-order valence-electron chi connectivity index (χ4n) is 2.92. The van der Waals surface area contributed by atoms with Crippen LogP contribution in [0.15, 0.2) is 53.4 Å². The number of nitrogens with one attached hydrogen (secondary N) is 1. The van der Waals surface area contributed by atoms with Crippen molar-refractivity contribution in [3.63, 3.8) is 0 Å². The van der Waals surface area contributed by atoms with Gasteiger partial charge in [-0.15, -0.1) is 11.8 Å². The van der Waals surface area contributed by atoms with Gasteiger partial charge in [0.2, 0.25) is 0 Å². The summed E-state index contributed by atoms with van der Waals surface area (Å²) in [5, 5.41) is 2.97. The molecule has 1 fully saturated rings. The molecule has 2 aromatic rings. The molecule has 25 heavy (non-hydrogen) atoms. The van der Waals surface area contributed by atoms with E-state index < -0.39 is 0 Å². The third-order valence-corrected chi connectivity index (χ3v) is 5.08. The lowest BCUT2D eigenvalue weighted by Gasteiger charge is -2.36. The van der Waals surface area contributed by atoms with E-state index in [9.17, 15) is 4.79 Å². The lowest BCUT2D eigenvalue weighted by Crippen LogP contribution is -2.50. The Balaban J connectivity index is 1.57. The number of anilines is 2. The second-order valence-corrected chi connectivity index (χ2v) is 6.68. The van der Waals surface area contributed by atoms with E-state index in [0.717, 1.165) is 30.2 Å². The monoisotopic (exact) mass is 357 g/mol. The minimum atomic E-state index is -0.0448. The summed E-state index contributed by atoms with van der Waals surface area (Å²) in [7, 11) is 1.69. The van der Waals surface area contributed by atoms with Crippen LogP contribution in [0.1, 0.15) is 0 Å². The molecule has 1 heterocycles. The van der Waals surface area contributed by atoms with Crippen LogP contribution >= 0.6 is 11.8 Å². The summed E-state index contributed by atoms with van der Waals surface area (Å²) < 4.78 is 5.43. The number of ether oxygens (including phenoxy) is 1. The zero-order valence-electron chi connectivity index (χ0n) is 14.6. The van der Waals surface area contributed by atoms with Gasteiger partial charge in [0.05, 0.1) is 12.8 Å². The van der Waals surface area contributed by atoms with Crippen molar-refractivity contribution in [3.8, 4) is 5.75 Å². The Hall–Kier alpha value is -2.34.